The van der Waals surface area contributed by atoms with Gasteiger partial charge in [0, 0.05) is 5.69 Å². The number of alkyl halides is 3. The van der Waals surface area contributed by atoms with Crippen LogP contribution in [0.25, 0.3) is 0 Å². The van der Waals surface area contributed by atoms with Gasteiger partial charge in [-0.25, -0.2) is 4.90 Å². The number of carbonyl (C=O) groups excluding carboxylic acids is 3. The largest absolute Gasteiger partial charge is 0.416 e. The smallest absolute Gasteiger partial charge is 0.322 e. The number of halogens is 3. The summed E-state index contributed by atoms with van der Waals surface area (Å²) in [4.78, 5) is 41.4. The minimum Gasteiger partial charge on any atom is -0.322 e. The average Bonchev–Trinajstić information content (AvgIpc) is 3.07. The number of anilines is 2. The minimum atomic E-state index is -4.57. The van der Waals surface area contributed by atoms with Crippen LogP contribution >= 0.6 is 0 Å². The van der Waals surface area contributed by atoms with E-state index in [1.165, 1.54) is 30.3 Å². The molecule has 5 nitrogen and oxygen atoms in total. The zero-order valence-electron chi connectivity index (χ0n) is 20.2. The molecule has 0 aromatic heterocycles. The Balaban J connectivity index is 1.77. The molecule has 1 aliphatic rings. The normalized spacial score (nSPS) is 13.5. The van der Waals surface area contributed by atoms with Gasteiger partial charge in [0.05, 0.1) is 27.9 Å². The maximum atomic E-state index is 13.7. The number of hydrogen-bond donors (Lipinski definition) is 1. The molecule has 3 amide bonds. The minimum absolute atomic E-state index is 0.0201. The number of nitrogens with zero attached hydrogens (tertiary/aromatic N) is 1. The van der Waals surface area contributed by atoms with E-state index in [4.69, 9.17) is 0 Å². The van der Waals surface area contributed by atoms with Gasteiger partial charge in [0.1, 0.15) is 0 Å². The van der Waals surface area contributed by atoms with Crippen molar-refractivity contribution in [3.63, 3.8) is 0 Å². The SMILES string of the molecule is CC(C)c1cccc(C(C)C)c1N1C(=O)c2cccc(C(=O)Nc3cccc(C(F)(F)F)c3)c2C1=O. The maximum absolute atomic E-state index is 13.7. The molecular formula is C28H25F3N2O3. The molecule has 3 aromatic rings. The number of rotatable bonds is 5. The van der Waals surface area contributed by atoms with Gasteiger partial charge in [0.25, 0.3) is 17.7 Å². The number of benzene rings is 3. The highest BCUT2D eigenvalue weighted by molar-refractivity contribution is 6.37. The number of para-hydroxylation sites is 1. The second kappa shape index (κ2) is 9.26. The molecule has 36 heavy (non-hydrogen) atoms. The fourth-order valence-electron chi connectivity index (χ4n) is 4.42. The molecule has 0 unspecified atom stereocenters. The summed E-state index contributed by atoms with van der Waals surface area (Å²) in [5.74, 6) is -1.92. The zero-order valence-corrected chi connectivity index (χ0v) is 20.2. The molecule has 0 bridgehead atoms. The maximum Gasteiger partial charge on any atom is 0.416 e. The molecule has 0 aliphatic carbocycles. The van der Waals surface area contributed by atoms with Crippen LogP contribution in [0.3, 0.4) is 0 Å². The van der Waals surface area contributed by atoms with Crippen molar-refractivity contribution in [3.8, 4) is 0 Å². The van der Waals surface area contributed by atoms with E-state index >= 15 is 0 Å². The molecule has 1 heterocycles. The lowest BCUT2D eigenvalue weighted by Crippen LogP contribution is -2.32. The average molecular weight is 495 g/mol. The molecule has 3 aromatic carbocycles. The van der Waals surface area contributed by atoms with Gasteiger partial charge in [0.2, 0.25) is 0 Å². The predicted octanol–water partition coefficient (Wildman–Crippen LogP) is 7.01. The molecule has 8 heteroatoms. The van der Waals surface area contributed by atoms with Crippen LogP contribution < -0.4 is 10.2 Å². The van der Waals surface area contributed by atoms with E-state index in [9.17, 15) is 27.6 Å². The zero-order chi connectivity index (χ0) is 26.4. The Morgan fingerprint density at radius 2 is 1.42 bits per heavy atom. The third-order valence-electron chi connectivity index (χ3n) is 6.17. The first-order valence-corrected chi connectivity index (χ1v) is 11.5. The monoisotopic (exact) mass is 494 g/mol. The lowest BCUT2D eigenvalue weighted by Gasteiger charge is -2.25. The van der Waals surface area contributed by atoms with Gasteiger partial charge in [-0.1, -0.05) is 58.0 Å². The van der Waals surface area contributed by atoms with Crippen molar-refractivity contribution >= 4 is 29.1 Å². The van der Waals surface area contributed by atoms with Gasteiger partial charge >= 0.3 is 6.18 Å². The Morgan fingerprint density at radius 3 is 2.00 bits per heavy atom. The predicted molar refractivity (Wildman–Crippen MR) is 132 cm³/mol. The van der Waals surface area contributed by atoms with E-state index in [1.54, 1.807) is 0 Å². The standard InChI is InChI=1S/C28H25F3N2O3/c1-15(2)19-10-6-11-20(16(3)4)24(19)33-26(35)22-13-7-12-21(23(22)27(33)36)25(34)32-18-9-5-8-17(14-18)28(29,30)31/h5-16H,1-4H3,(H,32,34). The molecule has 1 aliphatic heterocycles. The van der Waals surface area contributed by atoms with Gasteiger partial charge in [-0.2, -0.15) is 13.2 Å². The van der Waals surface area contributed by atoms with Crippen molar-refractivity contribution in [1.82, 2.24) is 0 Å². The summed E-state index contributed by atoms with van der Waals surface area (Å²) in [6, 6.07) is 14.2. The fraction of sp³-hybridized carbons (Fsp3) is 0.250. The first-order valence-electron chi connectivity index (χ1n) is 11.5. The quantitative estimate of drug-likeness (QED) is 0.388. The number of hydrogen-bond acceptors (Lipinski definition) is 3. The summed E-state index contributed by atoms with van der Waals surface area (Å²) in [7, 11) is 0. The van der Waals surface area contributed by atoms with Crippen molar-refractivity contribution in [3.05, 3.63) is 94.0 Å². The lowest BCUT2D eigenvalue weighted by molar-refractivity contribution is -0.137. The molecule has 4 rings (SSSR count). The number of carbonyl (C=O) groups is 3. The summed E-state index contributed by atoms with van der Waals surface area (Å²) >= 11 is 0. The number of imide groups is 1. The highest BCUT2D eigenvalue weighted by atomic mass is 19.4. The highest BCUT2D eigenvalue weighted by Gasteiger charge is 2.42. The van der Waals surface area contributed by atoms with Crippen molar-refractivity contribution in [1.29, 1.82) is 0 Å². The van der Waals surface area contributed by atoms with Crippen molar-refractivity contribution in [2.75, 3.05) is 10.2 Å². The lowest BCUT2D eigenvalue weighted by atomic mass is 9.92. The van der Waals surface area contributed by atoms with Crippen molar-refractivity contribution in [2.45, 2.75) is 45.7 Å². The molecule has 0 saturated heterocycles. The summed E-state index contributed by atoms with van der Waals surface area (Å²) in [6.45, 7) is 7.87. The van der Waals surface area contributed by atoms with Crippen LogP contribution in [0.1, 0.15) is 87.3 Å². The topological polar surface area (TPSA) is 66.5 Å². The molecule has 0 atom stereocenters. The van der Waals surface area contributed by atoms with Gasteiger partial charge in [-0.05, 0) is 53.3 Å². The van der Waals surface area contributed by atoms with Crippen LogP contribution in [0.5, 0.6) is 0 Å². The summed E-state index contributed by atoms with van der Waals surface area (Å²) in [5, 5.41) is 2.43. The summed E-state index contributed by atoms with van der Waals surface area (Å²) in [5.41, 5.74) is 1.09. The molecule has 0 radical (unpaired) electrons. The van der Waals surface area contributed by atoms with E-state index in [2.05, 4.69) is 5.32 Å². The molecular weight excluding hydrogens is 469 g/mol. The van der Waals surface area contributed by atoms with Gasteiger partial charge in [-0.3, -0.25) is 14.4 Å². The van der Waals surface area contributed by atoms with Crippen LogP contribution in [-0.2, 0) is 6.18 Å². The highest BCUT2D eigenvalue weighted by Crippen LogP contribution is 2.40. The Bertz CT molecular complexity index is 1350. The van der Waals surface area contributed by atoms with Gasteiger partial charge in [-0.15, -0.1) is 0 Å². The Hall–Kier alpha value is -3.94. The fourth-order valence-corrected chi connectivity index (χ4v) is 4.42. The first kappa shape index (κ1) is 25.2. The molecule has 0 fully saturated rings. The second-order valence-corrected chi connectivity index (χ2v) is 9.30. The third kappa shape index (κ3) is 4.39. The molecule has 1 N–H and O–H groups in total. The van der Waals surface area contributed by atoms with Crippen LogP contribution in [0.15, 0.2) is 60.7 Å². The van der Waals surface area contributed by atoms with Crippen LogP contribution in [0.4, 0.5) is 24.5 Å². The Labute approximate surface area is 206 Å². The van der Waals surface area contributed by atoms with Crippen LogP contribution in [-0.4, -0.2) is 17.7 Å². The molecule has 0 spiro atoms. The summed E-state index contributed by atoms with van der Waals surface area (Å²) < 4.78 is 39.3. The molecule has 0 saturated carbocycles. The summed E-state index contributed by atoms with van der Waals surface area (Å²) in [6.07, 6.45) is -4.57. The Morgan fingerprint density at radius 1 is 0.833 bits per heavy atom. The van der Waals surface area contributed by atoms with E-state index in [-0.39, 0.29) is 34.2 Å². The number of fused-ring (bicyclic) bond motifs is 1. The van der Waals surface area contributed by atoms with E-state index in [0.717, 1.165) is 28.2 Å². The Kier molecular flexibility index (Phi) is 6.47. The van der Waals surface area contributed by atoms with Crippen LogP contribution in [0.2, 0.25) is 0 Å². The van der Waals surface area contributed by atoms with Crippen molar-refractivity contribution in [2.24, 2.45) is 0 Å². The van der Waals surface area contributed by atoms with E-state index in [0.29, 0.717) is 5.69 Å². The number of nitrogens with one attached hydrogen (secondary N) is 1. The second-order valence-electron chi connectivity index (χ2n) is 9.30. The van der Waals surface area contributed by atoms with Gasteiger partial charge < -0.3 is 5.32 Å². The van der Waals surface area contributed by atoms with Crippen LogP contribution in [0, 0.1) is 0 Å². The van der Waals surface area contributed by atoms with Gasteiger partial charge in [0.15, 0.2) is 0 Å². The van der Waals surface area contributed by atoms with E-state index in [1.807, 2.05) is 45.9 Å². The number of amides is 3. The third-order valence-corrected chi connectivity index (χ3v) is 6.17. The molecule has 186 valence electrons. The first-order chi connectivity index (χ1) is 16.9. The van der Waals surface area contributed by atoms with Crippen molar-refractivity contribution < 1.29 is 27.6 Å². The van der Waals surface area contributed by atoms with E-state index < -0.39 is 29.5 Å².